The number of phenols is 2. The summed E-state index contributed by atoms with van der Waals surface area (Å²) in [4.78, 5) is 64.3. The van der Waals surface area contributed by atoms with Gasteiger partial charge in [0.05, 0.1) is 33.8 Å². The number of fused-ring (bicyclic) bond motifs is 5. The summed E-state index contributed by atoms with van der Waals surface area (Å²) in [6.45, 7) is 0.0825. The Labute approximate surface area is 344 Å². The van der Waals surface area contributed by atoms with Crippen molar-refractivity contribution in [3.8, 4) is 11.5 Å². The maximum Gasteiger partial charge on any atom is 0.417 e. The van der Waals surface area contributed by atoms with Crippen LogP contribution in [0.15, 0.2) is 109 Å². The molecule has 0 spiro atoms. The third kappa shape index (κ3) is 6.04. The number of phenolic OH excluding ortho intramolecular Hbond substituents is 2. The zero-order chi connectivity index (χ0) is 41.5. The zero-order valence-electron chi connectivity index (χ0n) is 30.8. The van der Waals surface area contributed by atoms with E-state index in [1.165, 1.54) is 23.1 Å². The molecule has 1 saturated carbocycles. The van der Waals surface area contributed by atoms with Crippen LogP contribution in [-0.4, -0.2) is 55.3 Å². The zero-order valence-corrected chi connectivity index (χ0v) is 32.3. The third-order valence-corrected chi connectivity index (χ3v) is 13.0. The van der Waals surface area contributed by atoms with Gasteiger partial charge in [0.15, 0.2) is 5.82 Å². The molecule has 2 aliphatic carbocycles. The lowest BCUT2D eigenvalue weighted by atomic mass is 9.48. The first-order valence-corrected chi connectivity index (χ1v) is 19.6. The van der Waals surface area contributed by atoms with E-state index in [4.69, 9.17) is 23.2 Å². The Morgan fingerprint density at radius 3 is 2.31 bits per heavy atom. The van der Waals surface area contributed by atoms with Gasteiger partial charge in [0.25, 0.3) is 11.8 Å². The van der Waals surface area contributed by atoms with Crippen molar-refractivity contribution in [3.05, 3.63) is 141 Å². The number of hydrogen-bond acceptors (Lipinski definition) is 8. The van der Waals surface area contributed by atoms with E-state index in [2.05, 4.69) is 10.4 Å². The van der Waals surface area contributed by atoms with E-state index in [-0.39, 0.29) is 42.6 Å². The Kier molecular flexibility index (Phi) is 9.24. The minimum atomic E-state index is -4.77. The predicted octanol–water partition coefficient (Wildman–Crippen LogP) is 8.20. The molecule has 59 heavy (non-hydrogen) atoms. The summed E-state index contributed by atoms with van der Waals surface area (Å²) in [5, 5.41) is 23.6. The lowest BCUT2D eigenvalue weighted by molar-refractivity contribution is -0.141. The number of hydrogen-bond donors (Lipinski definition) is 3. The molecular formula is C44H33Cl2F3N4O6. The van der Waals surface area contributed by atoms with Crippen molar-refractivity contribution in [3.63, 3.8) is 0 Å². The molecule has 4 aromatic carbocycles. The van der Waals surface area contributed by atoms with Gasteiger partial charge in [-0.3, -0.25) is 29.5 Å². The monoisotopic (exact) mass is 840 g/mol. The van der Waals surface area contributed by atoms with Gasteiger partial charge in [-0.1, -0.05) is 89.4 Å². The quantitative estimate of drug-likeness (QED) is 0.110. The van der Waals surface area contributed by atoms with Gasteiger partial charge < -0.3 is 10.2 Å². The SMILES string of the molecule is O=C1[C@H]2[C@H](CC=C3[C@H]2C[C@H]2C(=O)N(Nc4ncc(C(F)(F)F)cc4Cl)C(=O)[C@@]2(c2ccc(Cl)cc2)[C@H]3c2c(O)ccc3ccccc23)C(=O)N1CCc1ccc(O)cc1. The number of imide groups is 2. The second-order valence-electron chi connectivity index (χ2n) is 15.4. The van der Waals surface area contributed by atoms with Crippen LogP contribution < -0.4 is 5.43 Å². The van der Waals surface area contributed by atoms with Gasteiger partial charge in [0.2, 0.25) is 11.8 Å². The van der Waals surface area contributed by atoms with Crippen molar-refractivity contribution in [2.45, 2.75) is 36.8 Å². The Hall–Kier alpha value is -5.92. The summed E-state index contributed by atoms with van der Waals surface area (Å²) in [6.07, 6.45) is -1.95. The Morgan fingerprint density at radius 2 is 1.59 bits per heavy atom. The molecule has 4 aliphatic rings. The van der Waals surface area contributed by atoms with Crippen LogP contribution in [0.2, 0.25) is 10.0 Å². The van der Waals surface area contributed by atoms with E-state index in [1.54, 1.807) is 54.6 Å². The fourth-order valence-electron chi connectivity index (χ4n) is 9.87. The van der Waals surface area contributed by atoms with Gasteiger partial charge >= 0.3 is 6.18 Å². The van der Waals surface area contributed by atoms with Crippen molar-refractivity contribution in [1.82, 2.24) is 14.9 Å². The van der Waals surface area contributed by atoms with Crippen LogP contribution in [0, 0.1) is 23.7 Å². The summed E-state index contributed by atoms with van der Waals surface area (Å²) < 4.78 is 40.7. The minimum absolute atomic E-state index is 0.0700. The summed E-state index contributed by atoms with van der Waals surface area (Å²) in [5.74, 6) is -7.55. The summed E-state index contributed by atoms with van der Waals surface area (Å²) in [6, 6.07) is 24.0. The second kappa shape index (κ2) is 14.1. The molecule has 300 valence electrons. The van der Waals surface area contributed by atoms with Crippen LogP contribution in [0.3, 0.4) is 0 Å². The molecule has 3 heterocycles. The number of carbonyl (C=O) groups is 4. The number of anilines is 1. The molecule has 2 aliphatic heterocycles. The van der Waals surface area contributed by atoms with Crippen molar-refractivity contribution in [2.24, 2.45) is 23.7 Å². The van der Waals surface area contributed by atoms with Crippen LogP contribution >= 0.6 is 23.2 Å². The van der Waals surface area contributed by atoms with Gasteiger partial charge in [-0.05, 0) is 83.5 Å². The number of allylic oxidation sites excluding steroid dienone is 2. The molecule has 6 atom stereocenters. The highest BCUT2D eigenvalue weighted by Gasteiger charge is 2.71. The first-order chi connectivity index (χ1) is 28.2. The van der Waals surface area contributed by atoms with Gasteiger partial charge in [-0.15, -0.1) is 0 Å². The number of pyridine rings is 1. The summed E-state index contributed by atoms with van der Waals surface area (Å²) >= 11 is 12.7. The molecule has 15 heteroatoms. The molecule has 2 saturated heterocycles. The van der Waals surface area contributed by atoms with Gasteiger partial charge in [0.1, 0.15) is 11.5 Å². The predicted molar refractivity (Wildman–Crippen MR) is 211 cm³/mol. The van der Waals surface area contributed by atoms with Crippen molar-refractivity contribution in [1.29, 1.82) is 0 Å². The van der Waals surface area contributed by atoms with Crippen molar-refractivity contribution in [2.75, 3.05) is 12.0 Å². The summed E-state index contributed by atoms with van der Waals surface area (Å²) in [5.41, 5.74) is 1.76. The number of amides is 4. The fourth-order valence-corrected chi connectivity index (χ4v) is 10.2. The molecule has 4 amide bonds. The number of alkyl halides is 3. The highest BCUT2D eigenvalue weighted by Crippen LogP contribution is 2.65. The lowest BCUT2D eigenvalue weighted by Crippen LogP contribution is -2.53. The molecule has 9 rings (SSSR count). The largest absolute Gasteiger partial charge is 0.508 e. The number of benzene rings is 4. The Balaban J connectivity index is 1.21. The second-order valence-corrected chi connectivity index (χ2v) is 16.2. The molecular weight excluding hydrogens is 808 g/mol. The molecule has 3 N–H and O–H groups in total. The van der Waals surface area contributed by atoms with E-state index in [0.29, 0.717) is 45.8 Å². The van der Waals surface area contributed by atoms with E-state index in [9.17, 15) is 33.0 Å². The number of carbonyl (C=O) groups excluding carboxylic acids is 4. The maximum absolute atomic E-state index is 15.5. The van der Waals surface area contributed by atoms with E-state index >= 15 is 9.59 Å². The van der Waals surface area contributed by atoms with Crippen LogP contribution in [0.4, 0.5) is 19.0 Å². The number of rotatable bonds is 7. The molecule has 3 fully saturated rings. The van der Waals surface area contributed by atoms with Crippen LogP contribution in [0.5, 0.6) is 11.5 Å². The highest BCUT2D eigenvalue weighted by molar-refractivity contribution is 6.33. The normalized spacial score (nSPS) is 25.2. The third-order valence-electron chi connectivity index (χ3n) is 12.4. The fraction of sp³-hybridized carbons (Fsp3) is 0.250. The van der Waals surface area contributed by atoms with Crippen molar-refractivity contribution >= 4 is 63.4 Å². The Bertz CT molecular complexity index is 2620. The van der Waals surface area contributed by atoms with Crippen LogP contribution in [0.25, 0.3) is 10.8 Å². The van der Waals surface area contributed by atoms with Crippen LogP contribution in [0.1, 0.15) is 41.0 Å². The van der Waals surface area contributed by atoms with Gasteiger partial charge in [-0.2, -0.15) is 18.2 Å². The first-order valence-electron chi connectivity index (χ1n) is 18.9. The maximum atomic E-state index is 15.5. The summed E-state index contributed by atoms with van der Waals surface area (Å²) in [7, 11) is 0. The molecule has 5 aromatic rings. The molecule has 10 nitrogen and oxygen atoms in total. The number of halogens is 5. The number of aromatic hydroxyl groups is 2. The molecule has 0 bridgehead atoms. The van der Waals surface area contributed by atoms with E-state index < -0.39 is 69.5 Å². The number of likely N-dealkylation sites (tertiary alicyclic amines) is 1. The lowest BCUT2D eigenvalue weighted by Gasteiger charge is -2.51. The average Bonchev–Trinajstić information content (AvgIpc) is 3.58. The number of hydrazine groups is 1. The first kappa shape index (κ1) is 38.6. The molecule has 1 aromatic heterocycles. The highest BCUT2D eigenvalue weighted by atomic mass is 35.5. The number of nitrogens with zero attached hydrogens (tertiary/aromatic N) is 3. The number of aromatic nitrogens is 1. The van der Waals surface area contributed by atoms with E-state index in [0.717, 1.165) is 16.0 Å². The van der Waals surface area contributed by atoms with Crippen molar-refractivity contribution < 1.29 is 42.6 Å². The number of nitrogens with one attached hydrogen (secondary N) is 1. The van der Waals surface area contributed by atoms with Crippen LogP contribution in [-0.2, 0) is 37.2 Å². The van der Waals surface area contributed by atoms with E-state index in [1.807, 2.05) is 18.2 Å². The van der Waals surface area contributed by atoms with Gasteiger partial charge in [0, 0.05) is 29.2 Å². The smallest absolute Gasteiger partial charge is 0.417 e. The Morgan fingerprint density at radius 1 is 0.864 bits per heavy atom. The standard InChI is InChI=1S/C44H33Cl2F3N4O6/c45-26-10-8-24(9-11-26)43-32(40(57)53(42(43)59)51-38-33(46)19-25(21-50-38)44(47,48)49)20-31-29(37(43)36-28-4-2-1-3-23(28)7-16-34(36)55)14-15-30-35(31)41(58)52(39(30)56)18-17-22-5-12-27(54)13-6-22/h1-14,16,19,21,30-32,35,37,54-55H,15,17-18,20H2,(H,50,51)/t30-,31+,32-,35-,37+,43+/m0/s1. The van der Waals surface area contributed by atoms with Gasteiger partial charge in [-0.25, -0.2) is 4.98 Å². The topological polar surface area (TPSA) is 140 Å². The average molecular weight is 842 g/mol. The molecule has 0 radical (unpaired) electrons. The molecule has 0 unspecified atom stereocenters. The minimum Gasteiger partial charge on any atom is -0.508 e.